The largest absolute Gasteiger partial charge is 0.492 e. The van der Waals surface area contributed by atoms with Gasteiger partial charge in [-0.1, -0.05) is 34.1 Å². The average molecular weight is 426 g/mol. The van der Waals surface area contributed by atoms with E-state index in [2.05, 4.69) is 31.9 Å². The summed E-state index contributed by atoms with van der Waals surface area (Å²) in [5.74, 6) is -0.0599. The van der Waals surface area contributed by atoms with Crippen LogP contribution in [0.1, 0.15) is 39.4 Å². The van der Waals surface area contributed by atoms with Gasteiger partial charge in [-0.15, -0.1) is 0 Å². The number of ether oxygens (including phenoxy) is 1. The number of fused-ring (bicyclic) bond motifs is 1. The third-order valence-electron chi connectivity index (χ3n) is 4.03. The summed E-state index contributed by atoms with van der Waals surface area (Å²) in [4.78, 5) is 11.5. The first-order valence-electron chi connectivity index (χ1n) is 6.94. The zero-order valence-corrected chi connectivity index (χ0v) is 15.1. The Labute approximate surface area is 145 Å². The molecule has 1 aliphatic heterocycles. The molecule has 0 bridgehead atoms. The molecule has 0 aromatic heterocycles. The van der Waals surface area contributed by atoms with Crippen LogP contribution in [0.3, 0.4) is 0 Å². The van der Waals surface area contributed by atoms with Gasteiger partial charge in [0.25, 0.3) is 0 Å². The number of benzene rings is 2. The molecule has 0 amide bonds. The van der Waals surface area contributed by atoms with Crippen LogP contribution in [0.15, 0.2) is 39.3 Å². The molecule has 2 aromatic carbocycles. The van der Waals surface area contributed by atoms with E-state index >= 15 is 0 Å². The van der Waals surface area contributed by atoms with Gasteiger partial charge in [0, 0.05) is 16.0 Å². The molecule has 0 fully saturated rings. The van der Waals surface area contributed by atoms with Crippen LogP contribution in [0, 0.1) is 6.92 Å². The van der Waals surface area contributed by atoms with Gasteiger partial charge in [0.15, 0.2) is 0 Å². The lowest BCUT2D eigenvalue weighted by Crippen LogP contribution is -2.18. The summed E-state index contributed by atoms with van der Waals surface area (Å²) in [5.41, 5.74) is 3.28. The Morgan fingerprint density at radius 3 is 2.73 bits per heavy atom. The highest BCUT2D eigenvalue weighted by Gasteiger charge is 2.29. The Hall–Kier alpha value is -1.33. The summed E-state index contributed by atoms with van der Waals surface area (Å²) in [7, 11) is 0. The minimum absolute atomic E-state index is 0.0178. The Balaban J connectivity index is 2.20. The molecule has 5 heteroatoms. The molecule has 0 saturated carbocycles. The molecule has 2 aromatic rings. The predicted octanol–water partition coefficient (Wildman–Crippen LogP) is 5.13. The second-order valence-electron chi connectivity index (χ2n) is 5.30. The molecule has 0 radical (unpaired) electrons. The van der Waals surface area contributed by atoms with Crippen LogP contribution < -0.4 is 4.74 Å². The van der Waals surface area contributed by atoms with Crippen molar-refractivity contribution in [3.63, 3.8) is 0 Å². The molecule has 1 N–H and O–H groups in total. The minimum Gasteiger partial charge on any atom is -0.492 e. The highest BCUT2D eigenvalue weighted by atomic mass is 79.9. The smallest absolute Gasteiger partial charge is 0.335 e. The summed E-state index contributed by atoms with van der Waals surface area (Å²) < 4.78 is 7.74. The van der Waals surface area contributed by atoms with E-state index in [1.807, 2.05) is 25.1 Å². The summed E-state index contributed by atoms with van der Waals surface area (Å²) >= 11 is 7.16. The van der Waals surface area contributed by atoms with Crippen molar-refractivity contribution in [2.45, 2.75) is 19.3 Å². The molecule has 3 rings (SSSR count). The van der Waals surface area contributed by atoms with Crippen molar-refractivity contribution < 1.29 is 14.6 Å². The second kappa shape index (κ2) is 6.05. The first-order chi connectivity index (χ1) is 10.5. The number of carboxylic acids is 1. The van der Waals surface area contributed by atoms with Crippen molar-refractivity contribution in [1.29, 1.82) is 0 Å². The lowest BCUT2D eigenvalue weighted by Gasteiger charge is -2.29. The van der Waals surface area contributed by atoms with E-state index in [-0.39, 0.29) is 5.92 Å². The first-order valence-corrected chi connectivity index (χ1v) is 8.52. The van der Waals surface area contributed by atoms with Crippen LogP contribution in [-0.4, -0.2) is 17.7 Å². The number of rotatable bonds is 2. The average Bonchev–Trinajstić information content (AvgIpc) is 2.52. The molecular weight excluding hydrogens is 412 g/mol. The monoisotopic (exact) mass is 424 g/mol. The zero-order chi connectivity index (χ0) is 15.9. The van der Waals surface area contributed by atoms with Gasteiger partial charge in [0.1, 0.15) is 5.75 Å². The number of aromatic carboxylic acids is 1. The van der Waals surface area contributed by atoms with Gasteiger partial charge >= 0.3 is 5.97 Å². The van der Waals surface area contributed by atoms with Crippen LogP contribution in [0.5, 0.6) is 5.75 Å². The van der Waals surface area contributed by atoms with E-state index in [0.29, 0.717) is 12.2 Å². The van der Waals surface area contributed by atoms with Crippen LogP contribution in [0.25, 0.3) is 0 Å². The van der Waals surface area contributed by atoms with Gasteiger partial charge in [0.05, 0.1) is 16.6 Å². The molecular formula is C17H14Br2O3. The molecule has 0 aliphatic carbocycles. The molecule has 1 aliphatic rings. The topological polar surface area (TPSA) is 46.5 Å². The number of carbonyl (C=O) groups is 1. The predicted molar refractivity (Wildman–Crippen MR) is 91.9 cm³/mol. The van der Waals surface area contributed by atoms with Crippen LogP contribution in [0.4, 0.5) is 0 Å². The molecule has 22 heavy (non-hydrogen) atoms. The van der Waals surface area contributed by atoms with Crippen LogP contribution >= 0.6 is 31.9 Å². The van der Waals surface area contributed by atoms with E-state index in [1.54, 1.807) is 12.1 Å². The molecule has 1 unspecified atom stereocenters. The van der Waals surface area contributed by atoms with Crippen molar-refractivity contribution in [3.8, 4) is 5.75 Å². The highest BCUT2D eigenvalue weighted by molar-refractivity contribution is 9.11. The Morgan fingerprint density at radius 1 is 1.27 bits per heavy atom. The fourth-order valence-electron chi connectivity index (χ4n) is 2.87. The van der Waals surface area contributed by atoms with Crippen molar-refractivity contribution in [3.05, 3.63) is 61.5 Å². The van der Waals surface area contributed by atoms with E-state index in [0.717, 1.165) is 37.8 Å². The Morgan fingerprint density at radius 2 is 2.00 bits per heavy atom. The summed E-state index contributed by atoms with van der Waals surface area (Å²) in [6, 6.07) is 9.23. The minimum atomic E-state index is -0.895. The van der Waals surface area contributed by atoms with Crippen molar-refractivity contribution >= 4 is 37.8 Å². The number of carboxylic acid groups (broad SMARTS) is 1. The molecule has 0 spiro atoms. The van der Waals surface area contributed by atoms with E-state index in [9.17, 15) is 9.90 Å². The fourth-order valence-corrected chi connectivity index (χ4v) is 4.14. The van der Waals surface area contributed by atoms with E-state index < -0.39 is 5.97 Å². The highest BCUT2D eigenvalue weighted by Crippen LogP contribution is 2.46. The summed E-state index contributed by atoms with van der Waals surface area (Å²) in [5, 5.41) is 9.45. The SMILES string of the molecule is Cc1c(Br)cc2c(c1Br)OCCC2c1ccccc1C(=O)O. The molecule has 0 saturated heterocycles. The lowest BCUT2D eigenvalue weighted by atomic mass is 9.84. The van der Waals surface area contributed by atoms with Gasteiger partial charge in [-0.3, -0.25) is 0 Å². The van der Waals surface area contributed by atoms with Crippen molar-refractivity contribution in [2.75, 3.05) is 6.61 Å². The van der Waals surface area contributed by atoms with Crippen molar-refractivity contribution in [1.82, 2.24) is 0 Å². The normalized spacial score (nSPS) is 16.8. The second-order valence-corrected chi connectivity index (χ2v) is 6.95. The number of hydrogen-bond acceptors (Lipinski definition) is 2. The Kier molecular flexibility index (Phi) is 4.28. The molecule has 114 valence electrons. The summed E-state index contributed by atoms with van der Waals surface area (Å²) in [6.45, 7) is 2.58. The van der Waals surface area contributed by atoms with Gasteiger partial charge in [-0.05, 0) is 52.5 Å². The quantitative estimate of drug-likeness (QED) is 0.725. The lowest BCUT2D eigenvalue weighted by molar-refractivity contribution is 0.0695. The maximum absolute atomic E-state index is 11.5. The van der Waals surface area contributed by atoms with Crippen LogP contribution in [-0.2, 0) is 0 Å². The fraction of sp³-hybridized carbons (Fsp3) is 0.235. The maximum Gasteiger partial charge on any atom is 0.335 e. The van der Waals surface area contributed by atoms with Crippen molar-refractivity contribution in [2.24, 2.45) is 0 Å². The number of hydrogen-bond donors (Lipinski definition) is 1. The van der Waals surface area contributed by atoms with Gasteiger partial charge in [0.2, 0.25) is 0 Å². The van der Waals surface area contributed by atoms with Gasteiger partial charge < -0.3 is 9.84 Å². The third kappa shape index (κ3) is 2.57. The van der Waals surface area contributed by atoms with Gasteiger partial charge in [-0.25, -0.2) is 4.79 Å². The van der Waals surface area contributed by atoms with E-state index in [1.165, 1.54) is 0 Å². The molecule has 3 nitrogen and oxygen atoms in total. The van der Waals surface area contributed by atoms with Gasteiger partial charge in [-0.2, -0.15) is 0 Å². The third-order valence-corrected chi connectivity index (χ3v) is 5.80. The standard InChI is InChI=1S/C17H14Br2O3/c1-9-14(18)8-13-11(6-7-22-16(13)15(9)19)10-4-2-3-5-12(10)17(20)21/h2-5,8,11H,6-7H2,1H3,(H,20,21). The first kappa shape index (κ1) is 15.6. The Bertz CT molecular complexity index is 756. The summed E-state index contributed by atoms with van der Waals surface area (Å²) in [6.07, 6.45) is 0.763. The van der Waals surface area contributed by atoms with E-state index in [4.69, 9.17) is 4.74 Å². The number of halogens is 2. The molecule has 1 atom stereocenters. The molecule has 1 heterocycles. The zero-order valence-electron chi connectivity index (χ0n) is 11.9. The maximum atomic E-state index is 11.5. The van der Waals surface area contributed by atoms with Crippen LogP contribution in [0.2, 0.25) is 0 Å².